The third kappa shape index (κ3) is 1.63. The molecule has 1 aliphatic rings. The Morgan fingerprint density at radius 1 is 0.909 bits per heavy atom. The number of hydrogen-bond acceptors (Lipinski definition) is 2. The van der Waals surface area contributed by atoms with Gasteiger partial charge < -0.3 is 0 Å². The molecule has 0 fully saturated rings. The van der Waals surface area contributed by atoms with Gasteiger partial charge in [0.2, 0.25) is 0 Å². The Bertz CT molecular complexity index is 246. The Hall–Kier alpha value is -0.340. The molecule has 11 heavy (non-hydrogen) atoms. The Labute approximate surface area is 75.1 Å². The second kappa shape index (κ2) is 3.37. The number of thioether (sulfide) groups is 2. The van der Waals surface area contributed by atoms with E-state index in [0.717, 1.165) is 0 Å². The fourth-order valence-corrected chi connectivity index (χ4v) is 3.07. The molecule has 0 unspecified atom stereocenters. The minimum absolute atomic E-state index is 0.594. The molecule has 0 spiro atoms. The van der Waals surface area contributed by atoms with Crippen molar-refractivity contribution < 1.29 is 0 Å². The van der Waals surface area contributed by atoms with Gasteiger partial charge in [-0.25, -0.2) is 0 Å². The number of benzene rings is 1. The normalized spacial score (nSPS) is 17.5. The molecule has 0 aliphatic carbocycles. The van der Waals surface area contributed by atoms with Crippen LogP contribution in [0.5, 0.6) is 0 Å². The maximum atomic E-state index is 2.18. The second-order valence-electron chi connectivity index (χ2n) is 2.29. The van der Waals surface area contributed by atoms with Gasteiger partial charge in [-0.1, -0.05) is 30.3 Å². The lowest BCUT2D eigenvalue weighted by Crippen LogP contribution is -1.81. The van der Waals surface area contributed by atoms with Crippen molar-refractivity contribution in [3.8, 4) is 0 Å². The summed E-state index contributed by atoms with van der Waals surface area (Å²) in [5.74, 6) is 0. The first kappa shape index (κ1) is 7.32. The third-order valence-corrected chi connectivity index (χ3v) is 4.00. The van der Waals surface area contributed by atoms with Crippen molar-refractivity contribution in [2.24, 2.45) is 0 Å². The van der Waals surface area contributed by atoms with Crippen LogP contribution in [0.1, 0.15) is 10.1 Å². The van der Waals surface area contributed by atoms with Crippen LogP contribution in [0.15, 0.2) is 41.1 Å². The van der Waals surface area contributed by atoms with E-state index >= 15 is 0 Å². The molecule has 0 saturated carbocycles. The third-order valence-electron chi connectivity index (χ3n) is 1.53. The molecule has 0 radical (unpaired) electrons. The summed E-state index contributed by atoms with van der Waals surface area (Å²) < 4.78 is 0.594. The fraction of sp³-hybridized carbons (Fsp3) is 0.111. The lowest BCUT2D eigenvalue weighted by molar-refractivity contribution is 1.40. The molecular formula is C9H8S2. The van der Waals surface area contributed by atoms with Gasteiger partial charge in [0.15, 0.2) is 0 Å². The highest BCUT2D eigenvalue weighted by atomic mass is 32.2. The summed E-state index contributed by atoms with van der Waals surface area (Å²) in [5, 5.41) is 4.31. The van der Waals surface area contributed by atoms with Gasteiger partial charge in [0.25, 0.3) is 0 Å². The molecular weight excluding hydrogens is 172 g/mol. The van der Waals surface area contributed by atoms with E-state index in [1.54, 1.807) is 0 Å². The summed E-state index contributed by atoms with van der Waals surface area (Å²) in [6.07, 6.45) is 0. The van der Waals surface area contributed by atoms with Crippen LogP contribution in [0.4, 0.5) is 0 Å². The van der Waals surface area contributed by atoms with Gasteiger partial charge in [-0.15, -0.1) is 23.5 Å². The first-order valence-electron chi connectivity index (χ1n) is 3.48. The quantitative estimate of drug-likeness (QED) is 0.647. The van der Waals surface area contributed by atoms with Gasteiger partial charge in [-0.3, -0.25) is 0 Å². The summed E-state index contributed by atoms with van der Waals surface area (Å²) in [6, 6.07) is 10.6. The molecule has 0 atom stereocenters. The predicted octanol–water partition coefficient (Wildman–Crippen LogP) is 3.64. The topological polar surface area (TPSA) is 0 Å². The molecule has 1 aromatic rings. The average molecular weight is 180 g/mol. The van der Waals surface area contributed by atoms with Gasteiger partial charge in [0.05, 0.1) is 4.58 Å². The Kier molecular flexibility index (Phi) is 2.24. The molecule has 1 aromatic carbocycles. The Balaban J connectivity index is 2.17. The Morgan fingerprint density at radius 2 is 1.55 bits per heavy atom. The first-order chi connectivity index (χ1) is 5.47. The fourth-order valence-electron chi connectivity index (χ4n) is 1.01. The van der Waals surface area contributed by atoms with Crippen LogP contribution < -0.4 is 0 Å². The van der Waals surface area contributed by atoms with E-state index in [2.05, 4.69) is 41.1 Å². The standard InChI is InChI=1S/C9H8S2/c1-2-4-8(5-3-1)9-10-6-7-11-9/h1-7,9H. The molecule has 2 rings (SSSR count). The van der Waals surface area contributed by atoms with Gasteiger partial charge in [0.1, 0.15) is 0 Å². The van der Waals surface area contributed by atoms with Gasteiger partial charge in [0, 0.05) is 0 Å². The van der Waals surface area contributed by atoms with E-state index in [9.17, 15) is 0 Å². The van der Waals surface area contributed by atoms with Crippen molar-refractivity contribution in [1.29, 1.82) is 0 Å². The minimum Gasteiger partial charge on any atom is -0.114 e. The smallest absolute Gasteiger partial charge is 0.0834 e. The number of rotatable bonds is 1. The van der Waals surface area contributed by atoms with Crippen LogP contribution >= 0.6 is 23.5 Å². The highest BCUT2D eigenvalue weighted by Gasteiger charge is 2.12. The Morgan fingerprint density at radius 3 is 2.18 bits per heavy atom. The van der Waals surface area contributed by atoms with Crippen molar-refractivity contribution in [2.75, 3.05) is 0 Å². The molecule has 56 valence electrons. The maximum absolute atomic E-state index is 2.18. The van der Waals surface area contributed by atoms with E-state index < -0.39 is 0 Å². The summed E-state index contributed by atoms with van der Waals surface area (Å²) in [5.41, 5.74) is 1.41. The molecule has 0 N–H and O–H groups in total. The molecule has 1 heterocycles. The molecule has 0 aromatic heterocycles. The molecule has 0 nitrogen and oxygen atoms in total. The monoisotopic (exact) mass is 180 g/mol. The lowest BCUT2D eigenvalue weighted by atomic mass is 10.2. The van der Waals surface area contributed by atoms with Crippen molar-refractivity contribution in [2.45, 2.75) is 4.58 Å². The van der Waals surface area contributed by atoms with Crippen LogP contribution in [-0.2, 0) is 0 Å². The van der Waals surface area contributed by atoms with Gasteiger partial charge >= 0.3 is 0 Å². The van der Waals surface area contributed by atoms with Crippen molar-refractivity contribution in [1.82, 2.24) is 0 Å². The molecule has 0 amide bonds. The average Bonchev–Trinajstić information content (AvgIpc) is 2.58. The zero-order valence-electron chi connectivity index (χ0n) is 5.94. The lowest BCUT2D eigenvalue weighted by Gasteiger charge is -2.06. The molecule has 1 aliphatic heterocycles. The van der Waals surface area contributed by atoms with E-state index in [0.29, 0.717) is 4.58 Å². The van der Waals surface area contributed by atoms with Crippen LogP contribution in [0.25, 0.3) is 0 Å². The van der Waals surface area contributed by atoms with Crippen molar-refractivity contribution in [3.63, 3.8) is 0 Å². The van der Waals surface area contributed by atoms with Crippen molar-refractivity contribution >= 4 is 23.5 Å². The zero-order chi connectivity index (χ0) is 7.52. The van der Waals surface area contributed by atoms with Crippen molar-refractivity contribution in [3.05, 3.63) is 46.7 Å². The van der Waals surface area contributed by atoms with Gasteiger partial charge in [-0.05, 0) is 16.4 Å². The van der Waals surface area contributed by atoms with E-state index in [4.69, 9.17) is 0 Å². The molecule has 0 saturated heterocycles. The maximum Gasteiger partial charge on any atom is 0.0834 e. The predicted molar refractivity (Wildman–Crippen MR) is 53.5 cm³/mol. The van der Waals surface area contributed by atoms with Gasteiger partial charge in [-0.2, -0.15) is 0 Å². The summed E-state index contributed by atoms with van der Waals surface area (Å²) in [4.78, 5) is 0. The first-order valence-corrected chi connectivity index (χ1v) is 5.36. The largest absolute Gasteiger partial charge is 0.114 e. The summed E-state index contributed by atoms with van der Waals surface area (Å²) in [7, 11) is 0. The molecule has 0 bridgehead atoms. The summed E-state index contributed by atoms with van der Waals surface area (Å²) >= 11 is 3.76. The SMILES string of the molecule is C1=CSC(c2ccccc2)S1. The summed E-state index contributed by atoms with van der Waals surface area (Å²) in [6.45, 7) is 0. The zero-order valence-corrected chi connectivity index (χ0v) is 7.57. The van der Waals surface area contributed by atoms with Crippen LogP contribution in [-0.4, -0.2) is 0 Å². The highest BCUT2D eigenvalue weighted by molar-refractivity contribution is 8.21. The highest BCUT2D eigenvalue weighted by Crippen LogP contribution is 2.45. The van der Waals surface area contributed by atoms with E-state index in [-0.39, 0.29) is 0 Å². The van der Waals surface area contributed by atoms with Crippen LogP contribution in [0.3, 0.4) is 0 Å². The van der Waals surface area contributed by atoms with Crippen LogP contribution in [0, 0.1) is 0 Å². The minimum atomic E-state index is 0.594. The van der Waals surface area contributed by atoms with Crippen LogP contribution in [0.2, 0.25) is 0 Å². The van der Waals surface area contributed by atoms with E-state index in [1.165, 1.54) is 5.56 Å². The van der Waals surface area contributed by atoms with E-state index in [1.807, 2.05) is 23.5 Å². The number of hydrogen-bond donors (Lipinski definition) is 0. The molecule has 2 heteroatoms. The second-order valence-corrected chi connectivity index (χ2v) is 4.62.